The fourth-order valence-corrected chi connectivity index (χ4v) is 1.95. The van der Waals surface area contributed by atoms with Gasteiger partial charge in [-0.15, -0.1) is 0 Å². The van der Waals surface area contributed by atoms with E-state index in [0.29, 0.717) is 28.6 Å². The molecular formula is C16H15ClFNO2. The molecule has 0 saturated carbocycles. The molecule has 1 amide bonds. The van der Waals surface area contributed by atoms with Crippen LogP contribution >= 0.6 is 11.6 Å². The minimum atomic E-state index is -0.415. The molecule has 0 aliphatic rings. The SMILES string of the molecule is CCCOc1ccc(Cl)cc1C(=O)Nc1cccc(F)c1. The van der Waals surface area contributed by atoms with E-state index in [1.54, 1.807) is 18.2 Å². The predicted molar refractivity (Wildman–Crippen MR) is 81.6 cm³/mol. The molecule has 0 saturated heterocycles. The van der Waals surface area contributed by atoms with E-state index in [4.69, 9.17) is 16.3 Å². The Kier molecular flexibility index (Phi) is 5.17. The lowest BCUT2D eigenvalue weighted by atomic mass is 10.1. The number of carbonyl (C=O) groups is 1. The molecule has 2 aromatic carbocycles. The summed E-state index contributed by atoms with van der Waals surface area (Å²) in [5, 5.41) is 3.06. The second-order valence-electron chi connectivity index (χ2n) is 4.45. The Hall–Kier alpha value is -2.07. The molecule has 1 N–H and O–H groups in total. The standard InChI is InChI=1S/C16H15ClFNO2/c1-2-8-21-15-7-6-11(17)9-14(15)16(20)19-13-5-3-4-12(18)10-13/h3-7,9-10H,2,8H2,1H3,(H,19,20). The number of benzene rings is 2. The first-order valence-corrected chi connectivity index (χ1v) is 6.97. The van der Waals surface area contributed by atoms with Crippen LogP contribution in [0.2, 0.25) is 5.02 Å². The van der Waals surface area contributed by atoms with Crippen molar-refractivity contribution in [2.45, 2.75) is 13.3 Å². The van der Waals surface area contributed by atoms with Crippen LogP contribution < -0.4 is 10.1 Å². The number of anilines is 1. The molecule has 0 heterocycles. The van der Waals surface area contributed by atoms with Crippen molar-refractivity contribution in [2.24, 2.45) is 0 Å². The molecular weight excluding hydrogens is 293 g/mol. The average molecular weight is 308 g/mol. The highest BCUT2D eigenvalue weighted by molar-refractivity contribution is 6.31. The topological polar surface area (TPSA) is 38.3 Å². The van der Waals surface area contributed by atoms with Gasteiger partial charge in [-0.2, -0.15) is 0 Å². The van der Waals surface area contributed by atoms with Crippen LogP contribution in [-0.2, 0) is 0 Å². The van der Waals surface area contributed by atoms with Crippen LogP contribution in [0.15, 0.2) is 42.5 Å². The summed E-state index contributed by atoms with van der Waals surface area (Å²) in [6.45, 7) is 2.48. The lowest BCUT2D eigenvalue weighted by Crippen LogP contribution is -2.14. The van der Waals surface area contributed by atoms with Gasteiger partial charge in [-0.05, 0) is 42.8 Å². The molecule has 0 unspecified atom stereocenters. The van der Waals surface area contributed by atoms with Crippen molar-refractivity contribution >= 4 is 23.2 Å². The number of halogens is 2. The van der Waals surface area contributed by atoms with Crippen LogP contribution in [0.25, 0.3) is 0 Å². The third-order valence-corrected chi connectivity index (χ3v) is 2.97. The number of carbonyl (C=O) groups excluding carboxylic acids is 1. The molecule has 0 aliphatic heterocycles. The van der Waals surface area contributed by atoms with Crippen molar-refractivity contribution in [1.82, 2.24) is 0 Å². The van der Waals surface area contributed by atoms with Gasteiger partial charge in [0.1, 0.15) is 11.6 Å². The van der Waals surface area contributed by atoms with Crippen molar-refractivity contribution in [1.29, 1.82) is 0 Å². The summed E-state index contributed by atoms with van der Waals surface area (Å²) >= 11 is 5.93. The van der Waals surface area contributed by atoms with Gasteiger partial charge in [-0.3, -0.25) is 4.79 Å². The lowest BCUT2D eigenvalue weighted by Gasteiger charge is -2.11. The van der Waals surface area contributed by atoms with Crippen LogP contribution in [0.4, 0.5) is 10.1 Å². The third-order valence-electron chi connectivity index (χ3n) is 2.73. The highest BCUT2D eigenvalue weighted by Crippen LogP contribution is 2.24. The fourth-order valence-electron chi connectivity index (χ4n) is 1.78. The van der Waals surface area contributed by atoms with E-state index in [9.17, 15) is 9.18 Å². The van der Waals surface area contributed by atoms with Gasteiger partial charge in [0.15, 0.2) is 0 Å². The van der Waals surface area contributed by atoms with Gasteiger partial charge in [0.2, 0.25) is 0 Å². The van der Waals surface area contributed by atoms with Gasteiger partial charge in [-0.25, -0.2) is 4.39 Å². The maximum absolute atomic E-state index is 13.1. The van der Waals surface area contributed by atoms with Crippen LogP contribution in [0.3, 0.4) is 0 Å². The van der Waals surface area contributed by atoms with Crippen LogP contribution in [0.1, 0.15) is 23.7 Å². The van der Waals surface area contributed by atoms with Crippen molar-refractivity contribution in [2.75, 3.05) is 11.9 Å². The van der Waals surface area contributed by atoms with Crippen LogP contribution in [0, 0.1) is 5.82 Å². The normalized spacial score (nSPS) is 10.2. The first-order valence-electron chi connectivity index (χ1n) is 6.59. The first kappa shape index (κ1) is 15.3. The van der Waals surface area contributed by atoms with E-state index in [0.717, 1.165) is 6.42 Å². The Morgan fingerprint density at radius 2 is 2.10 bits per heavy atom. The van der Waals surface area contributed by atoms with Crippen molar-refractivity contribution in [3.63, 3.8) is 0 Å². The van der Waals surface area contributed by atoms with Gasteiger partial charge in [0.25, 0.3) is 5.91 Å². The van der Waals surface area contributed by atoms with E-state index >= 15 is 0 Å². The molecule has 21 heavy (non-hydrogen) atoms. The molecule has 0 bridgehead atoms. The van der Waals surface area contributed by atoms with Gasteiger partial charge in [-0.1, -0.05) is 24.6 Å². The molecule has 0 radical (unpaired) electrons. The fraction of sp³-hybridized carbons (Fsp3) is 0.188. The molecule has 0 aromatic heterocycles. The quantitative estimate of drug-likeness (QED) is 0.882. The number of rotatable bonds is 5. The van der Waals surface area contributed by atoms with E-state index in [1.165, 1.54) is 24.3 Å². The maximum Gasteiger partial charge on any atom is 0.259 e. The van der Waals surface area contributed by atoms with Gasteiger partial charge in [0.05, 0.1) is 12.2 Å². The zero-order chi connectivity index (χ0) is 15.2. The summed E-state index contributed by atoms with van der Waals surface area (Å²) in [4.78, 5) is 12.3. The smallest absolute Gasteiger partial charge is 0.259 e. The highest BCUT2D eigenvalue weighted by atomic mass is 35.5. The van der Waals surface area contributed by atoms with E-state index < -0.39 is 11.7 Å². The van der Waals surface area contributed by atoms with Crippen molar-refractivity contribution < 1.29 is 13.9 Å². The molecule has 2 rings (SSSR count). The first-order chi connectivity index (χ1) is 10.1. The van der Waals surface area contributed by atoms with Crippen LogP contribution in [0.5, 0.6) is 5.75 Å². The summed E-state index contributed by atoms with van der Waals surface area (Å²) < 4.78 is 18.7. The number of nitrogens with one attached hydrogen (secondary N) is 1. The zero-order valence-corrected chi connectivity index (χ0v) is 12.3. The molecule has 2 aromatic rings. The minimum Gasteiger partial charge on any atom is -0.493 e. The van der Waals surface area contributed by atoms with Crippen LogP contribution in [-0.4, -0.2) is 12.5 Å². The molecule has 0 atom stereocenters. The van der Waals surface area contributed by atoms with E-state index in [-0.39, 0.29) is 0 Å². The Labute approximate surface area is 127 Å². The summed E-state index contributed by atoms with van der Waals surface area (Å²) in [6, 6.07) is 10.5. The zero-order valence-electron chi connectivity index (χ0n) is 11.5. The second kappa shape index (κ2) is 7.09. The summed E-state index contributed by atoms with van der Waals surface area (Å²) in [5.74, 6) is -0.356. The molecule has 0 aliphatic carbocycles. The minimum absolute atomic E-state index is 0.320. The number of hydrogen-bond donors (Lipinski definition) is 1. The number of ether oxygens (including phenoxy) is 1. The van der Waals surface area contributed by atoms with E-state index in [2.05, 4.69) is 5.32 Å². The Morgan fingerprint density at radius 1 is 1.29 bits per heavy atom. The number of amides is 1. The Morgan fingerprint density at radius 3 is 2.81 bits per heavy atom. The van der Waals surface area contributed by atoms with Crippen molar-refractivity contribution in [3.05, 3.63) is 58.9 Å². The average Bonchev–Trinajstić information content (AvgIpc) is 2.46. The molecule has 0 fully saturated rings. The molecule has 0 spiro atoms. The summed E-state index contributed by atoms with van der Waals surface area (Å²) in [5.41, 5.74) is 0.696. The monoisotopic (exact) mass is 307 g/mol. The van der Waals surface area contributed by atoms with Gasteiger partial charge < -0.3 is 10.1 Å². The molecule has 110 valence electrons. The van der Waals surface area contributed by atoms with Crippen molar-refractivity contribution in [3.8, 4) is 5.75 Å². The maximum atomic E-state index is 13.1. The third kappa shape index (κ3) is 4.20. The predicted octanol–water partition coefficient (Wildman–Crippen LogP) is 4.52. The molecule has 5 heteroatoms. The summed E-state index contributed by atoms with van der Waals surface area (Å²) in [7, 11) is 0. The summed E-state index contributed by atoms with van der Waals surface area (Å²) in [6.07, 6.45) is 0.827. The lowest BCUT2D eigenvalue weighted by molar-refractivity contribution is 0.102. The largest absolute Gasteiger partial charge is 0.493 e. The van der Waals surface area contributed by atoms with Gasteiger partial charge >= 0.3 is 0 Å². The Bertz CT molecular complexity index is 646. The van der Waals surface area contributed by atoms with Gasteiger partial charge in [0, 0.05) is 10.7 Å². The highest BCUT2D eigenvalue weighted by Gasteiger charge is 2.14. The van der Waals surface area contributed by atoms with E-state index in [1.807, 2.05) is 6.92 Å². The number of hydrogen-bond acceptors (Lipinski definition) is 2. The molecule has 3 nitrogen and oxygen atoms in total. The second-order valence-corrected chi connectivity index (χ2v) is 4.89. The Balaban J connectivity index is 2.23.